The summed E-state index contributed by atoms with van der Waals surface area (Å²) in [5.41, 5.74) is 0. The molecule has 2 aliphatic rings. The first-order chi connectivity index (χ1) is 28.6. The second kappa shape index (κ2) is 32.9. The molecule has 2 saturated heterocycles. The van der Waals surface area contributed by atoms with Gasteiger partial charge in [0.2, 0.25) is 5.91 Å². The van der Waals surface area contributed by atoms with Crippen LogP contribution in [0.25, 0.3) is 0 Å². The van der Waals surface area contributed by atoms with E-state index < -0.39 is 86.8 Å². The van der Waals surface area contributed by atoms with Gasteiger partial charge in [0, 0.05) is 6.42 Å². The second-order valence-corrected chi connectivity index (χ2v) is 16.2. The molecule has 1 amide bonds. The van der Waals surface area contributed by atoms with E-state index >= 15 is 0 Å². The van der Waals surface area contributed by atoms with Crippen molar-refractivity contribution in [3.63, 3.8) is 0 Å². The van der Waals surface area contributed by atoms with Crippen LogP contribution in [0.4, 0.5) is 0 Å². The van der Waals surface area contributed by atoms with Gasteiger partial charge < -0.3 is 65.1 Å². The van der Waals surface area contributed by atoms with Crippen molar-refractivity contribution < 1.29 is 64.6 Å². The molecule has 14 heteroatoms. The van der Waals surface area contributed by atoms with E-state index in [1.54, 1.807) is 6.08 Å². The molecule has 59 heavy (non-hydrogen) atoms. The Morgan fingerprint density at radius 1 is 0.610 bits per heavy atom. The van der Waals surface area contributed by atoms with Crippen molar-refractivity contribution in [3.8, 4) is 0 Å². The van der Waals surface area contributed by atoms with Crippen LogP contribution in [-0.4, -0.2) is 140 Å². The number of nitrogens with one attached hydrogen (secondary N) is 1. The smallest absolute Gasteiger partial charge is 0.220 e. The van der Waals surface area contributed by atoms with Gasteiger partial charge in [-0.25, -0.2) is 0 Å². The minimum Gasteiger partial charge on any atom is -0.394 e. The highest BCUT2D eigenvalue weighted by molar-refractivity contribution is 5.76. The summed E-state index contributed by atoms with van der Waals surface area (Å²) in [5, 5.41) is 86.3. The van der Waals surface area contributed by atoms with E-state index in [9.17, 15) is 45.6 Å². The van der Waals surface area contributed by atoms with Gasteiger partial charge in [-0.3, -0.25) is 4.79 Å². The zero-order chi connectivity index (χ0) is 43.3. The summed E-state index contributed by atoms with van der Waals surface area (Å²) in [5.74, 6) is -0.258. The summed E-state index contributed by atoms with van der Waals surface area (Å²) in [7, 11) is 0. The average Bonchev–Trinajstić information content (AvgIpc) is 3.23. The molecule has 2 fully saturated rings. The molecule has 2 heterocycles. The van der Waals surface area contributed by atoms with Crippen LogP contribution in [-0.2, 0) is 23.7 Å². The molecule has 344 valence electrons. The molecule has 2 rings (SSSR count). The maximum atomic E-state index is 13.1. The van der Waals surface area contributed by atoms with E-state index in [0.717, 1.165) is 70.6 Å². The Balaban J connectivity index is 1.89. The van der Waals surface area contributed by atoms with Gasteiger partial charge in [-0.1, -0.05) is 127 Å². The molecule has 0 aliphatic carbocycles. The van der Waals surface area contributed by atoms with E-state index in [1.165, 1.54) is 51.4 Å². The number of hydrogen-bond acceptors (Lipinski definition) is 13. The standard InChI is InChI=1S/C45H81NO13/c1-3-5-7-9-11-13-14-15-16-17-18-19-21-23-25-27-29-37(50)46-33(34(49)28-26-24-22-20-12-10-8-6-4-2)32-56-44-42(55)40(53)43(36(31-48)58-44)59-45-41(54)39(52)38(51)35(30-47)57-45/h13-14,16-17,26,28,33-36,38-45,47-49,51-55H,3-12,15,18-25,27,29-32H2,1-2H3,(H,46,50)/b14-13-,17-16-,28-26+. The van der Waals surface area contributed by atoms with E-state index in [2.05, 4.69) is 43.5 Å². The normalized spacial score (nSPS) is 28.8. The van der Waals surface area contributed by atoms with Gasteiger partial charge in [0.15, 0.2) is 12.6 Å². The predicted molar refractivity (Wildman–Crippen MR) is 226 cm³/mol. The van der Waals surface area contributed by atoms with Gasteiger partial charge in [0.25, 0.3) is 0 Å². The number of carbonyl (C=O) groups excluding carboxylic acids is 1. The lowest BCUT2D eigenvalue weighted by Gasteiger charge is -2.46. The van der Waals surface area contributed by atoms with Crippen molar-refractivity contribution >= 4 is 5.91 Å². The number of rotatable bonds is 33. The SMILES string of the molecule is CCCCCC/C=C\C/C=C\CCCCCCCC(=O)NC(COC1OC(CO)C(OC2OC(CO)C(O)C(O)C2O)C(O)C1O)C(O)/C=C/CCCCCCCCC. The van der Waals surface area contributed by atoms with E-state index in [0.29, 0.717) is 6.42 Å². The Labute approximate surface area is 353 Å². The zero-order valence-corrected chi connectivity index (χ0v) is 36.0. The predicted octanol–water partition coefficient (Wildman–Crippen LogP) is 4.37. The van der Waals surface area contributed by atoms with E-state index in [-0.39, 0.29) is 18.9 Å². The van der Waals surface area contributed by atoms with E-state index in [4.69, 9.17) is 18.9 Å². The Morgan fingerprint density at radius 3 is 1.71 bits per heavy atom. The average molecular weight is 844 g/mol. The Kier molecular flexibility index (Phi) is 29.7. The number of hydrogen-bond donors (Lipinski definition) is 9. The highest BCUT2D eigenvalue weighted by Gasteiger charge is 2.50. The number of allylic oxidation sites excluding steroid dienone is 5. The Hall–Kier alpha value is -1.79. The largest absolute Gasteiger partial charge is 0.394 e. The zero-order valence-electron chi connectivity index (χ0n) is 36.0. The van der Waals surface area contributed by atoms with Crippen molar-refractivity contribution in [2.24, 2.45) is 0 Å². The van der Waals surface area contributed by atoms with Crippen molar-refractivity contribution in [3.05, 3.63) is 36.5 Å². The lowest BCUT2D eigenvalue weighted by molar-refractivity contribution is -0.359. The minimum absolute atomic E-state index is 0.258. The van der Waals surface area contributed by atoms with Gasteiger partial charge in [-0.2, -0.15) is 0 Å². The summed E-state index contributed by atoms with van der Waals surface area (Å²) in [6.07, 6.45) is 17.7. The van der Waals surface area contributed by atoms with Crippen molar-refractivity contribution in [1.29, 1.82) is 0 Å². The molecule has 12 atom stereocenters. The summed E-state index contributed by atoms with van der Waals surface area (Å²) in [6, 6.07) is -0.918. The van der Waals surface area contributed by atoms with Crippen LogP contribution in [0.15, 0.2) is 36.5 Å². The quantitative estimate of drug-likeness (QED) is 0.0331. The highest BCUT2D eigenvalue weighted by Crippen LogP contribution is 2.30. The topological polar surface area (TPSA) is 228 Å². The van der Waals surface area contributed by atoms with Crippen LogP contribution in [0.3, 0.4) is 0 Å². The van der Waals surface area contributed by atoms with Gasteiger partial charge in [-0.15, -0.1) is 0 Å². The number of aliphatic hydroxyl groups excluding tert-OH is 8. The lowest BCUT2D eigenvalue weighted by atomic mass is 9.97. The molecule has 0 aromatic carbocycles. The Bertz CT molecular complexity index is 1140. The van der Waals surface area contributed by atoms with Crippen LogP contribution >= 0.6 is 0 Å². The summed E-state index contributed by atoms with van der Waals surface area (Å²) >= 11 is 0. The van der Waals surface area contributed by atoms with Crippen LogP contribution in [0.5, 0.6) is 0 Å². The number of unbranched alkanes of at least 4 members (excludes halogenated alkanes) is 16. The number of carbonyl (C=O) groups is 1. The first-order valence-electron chi connectivity index (χ1n) is 22.7. The summed E-state index contributed by atoms with van der Waals surface area (Å²) in [6.45, 7) is 2.69. The van der Waals surface area contributed by atoms with Crippen molar-refractivity contribution in [2.45, 2.75) is 222 Å². The maximum absolute atomic E-state index is 13.1. The number of aliphatic hydroxyl groups is 8. The molecule has 0 spiro atoms. The Morgan fingerprint density at radius 2 is 1.12 bits per heavy atom. The van der Waals surface area contributed by atoms with Gasteiger partial charge >= 0.3 is 0 Å². The molecule has 0 aromatic heterocycles. The molecule has 0 aromatic rings. The van der Waals surface area contributed by atoms with E-state index in [1.807, 2.05) is 6.08 Å². The summed E-state index contributed by atoms with van der Waals surface area (Å²) < 4.78 is 22.6. The number of amides is 1. The fraction of sp³-hybridized carbons (Fsp3) is 0.844. The molecule has 0 saturated carbocycles. The first-order valence-corrected chi connectivity index (χ1v) is 22.7. The van der Waals surface area contributed by atoms with Crippen molar-refractivity contribution in [2.75, 3.05) is 19.8 Å². The third-order valence-corrected chi connectivity index (χ3v) is 11.1. The van der Waals surface area contributed by atoms with Gasteiger partial charge in [0.1, 0.15) is 48.8 Å². The third-order valence-electron chi connectivity index (χ3n) is 11.1. The fourth-order valence-electron chi connectivity index (χ4n) is 7.26. The molecule has 0 radical (unpaired) electrons. The first kappa shape index (κ1) is 53.3. The molecule has 0 bridgehead atoms. The van der Waals surface area contributed by atoms with Crippen LogP contribution in [0.2, 0.25) is 0 Å². The molecular formula is C45H81NO13. The maximum Gasteiger partial charge on any atom is 0.220 e. The van der Waals surface area contributed by atoms with Crippen LogP contribution < -0.4 is 5.32 Å². The monoisotopic (exact) mass is 844 g/mol. The van der Waals surface area contributed by atoms with Crippen molar-refractivity contribution in [1.82, 2.24) is 5.32 Å². The molecular weight excluding hydrogens is 762 g/mol. The summed E-state index contributed by atoms with van der Waals surface area (Å²) in [4.78, 5) is 13.1. The lowest BCUT2D eigenvalue weighted by Crippen LogP contribution is -2.65. The van der Waals surface area contributed by atoms with Gasteiger partial charge in [0.05, 0.1) is 32.0 Å². The number of ether oxygens (including phenoxy) is 4. The van der Waals surface area contributed by atoms with Gasteiger partial charge in [-0.05, 0) is 51.4 Å². The van der Waals surface area contributed by atoms with Crippen LogP contribution in [0, 0.1) is 0 Å². The molecule has 2 aliphatic heterocycles. The fourth-order valence-corrected chi connectivity index (χ4v) is 7.26. The third kappa shape index (κ3) is 21.2. The molecule has 9 N–H and O–H groups in total. The minimum atomic E-state index is -1.79. The highest BCUT2D eigenvalue weighted by atomic mass is 16.7. The second-order valence-electron chi connectivity index (χ2n) is 16.2. The molecule has 14 nitrogen and oxygen atoms in total. The molecule has 12 unspecified atom stereocenters. The van der Waals surface area contributed by atoms with Crippen LogP contribution in [0.1, 0.15) is 149 Å².